The summed E-state index contributed by atoms with van der Waals surface area (Å²) in [6.07, 6.45) is 1.93. The van der Waals surface area contributed by atoms with Gasteiger partial charge in [0.25, 0.3) is 5.91 Å². The van der Waals surface area contributed by atoms with Crippen molar-refractivity contribution in [3.8, 4) is 0 Å². The number of esters is 1. The van der Waals surface area contributed by atoms with Crippen molar-refractivity contribution in [3.05, 3.63) is 33.4 Å². The molecule has 2 aliphatic rings. The predicted octanol–water partition coefficient (Wildman–Crippen LogP) is 2.34. The lowest BCUT2D eigenvalue weighted by atomic mass is 10.0. The van der Waals surface area contributed by atoms with E-state index in [1.807, 2.05) is 13.0 Å². The van der Waals surface area contributed by atoms with Crippen molar-refractivity contribution in [2.24, 2.45) is 17.8 Å². The van der Waals surface area contributed by atoms with E-state index in [0.29, 0.717) is 24.4 Å². The van der Waals surface area contributed by atoms with Crippen molar-refractivity contribution >= 4 is 11.9 Å². The van der Waals surface area contributed by atoms with Crippen molar-refractivity contribution in [1.82, 2.24) is 4.90 Å². The van der Waals surface area contributed by atoms with Gasteiger partial charge in [0.15, 0.2) is 0 Å². The lowest BCUT2D eigenvalue weighted by Crippen LogP contribution is -2.36. The Morgan fingerprint density at radius 3 is 2.52 bits per heavy atom. The molecule has 6 nitrogen and oxygen atoms in total. The molecule has 0 N–H and O–H groups in total. The summed E-state index contributed by atoms with van der Waals surface area (Å²) in [5.41, 5.74) is 0.209. The van der Waals surface area contributed by atoms with Crippen LogP contribution in [0.1, 0.15) is 54.3 Å². The van der Waals surface area contributed by atoms with E-state index in [-0.39, 0.29) is 41.1 Å². The number of methoxy groups -OCH3 is 1. The van der Waals surface area contributed by atoms with Gasteiger partial charge >= 0.3 is 11.6 Å². The van der Waals surface area contributed by atoms with Crippen LogP contribution in [0, 0.1) is 24.7 Å². The van der Waals surface area contributed by atoms with Gasteiger partial charge in [-0.05, 0) is 36.8 Å². The third-order valence-corrected chi connectivity index (χ3v) is 5.54. The van der Waals surface area contributed by atoms with E-state index in [2.05, 4.69) is 6.92 Å². The maximum Gasteiger partial charge on any atom is 0.349 e. The molecular formula is C19H25NO5. The Balaban J connectivity index is 1.74. The second kappa shape index (κ2) is 6.65. The first-order chi connectivity index (χ1) is 11.9. The van der Waals surface area contributed by atoms with Crippen molar-refractivity contribution in [2.75, 3.05) is 20.2 Å². The molecule has 0 spiro atoms. The number of fused-ring (bicyclic) bond motifs is 1. The second-order valence-corrected chi connectivity index (χ2v) is 7.27. The summed E-state index contributed by atoms with van der Waals surface area (Å²) >= 11 is 0. The molecule has 0 bridgehead atoms. The number of nitrogens with zero attached hydrogens (tertiary/aromatic N) is 1. The fraction of sp³-hybridized carbons (Fsp3) is 0.632. The van der Waals surface area contributed by atoms with Gasteiger partial charge in [-0.3, -0.25) is 9.59 Å². The van der Waals surface area contributed by atoms with Crippen LogP contribution in [0.4, 0.5) is 0 Å². The fourth-order valence-electron chi connectivity index (χ4n) is 4.04. The summed E-state index contributed by atoms with van der Waals surface area (Å²) in [6, 6.07) is 1.81. The molecule has 0 radical (unpaired) electrons. The smallest absolute Gasteiger partial charge is 0.349 e. The van der Waals surface area contributed by atoms with Crippen LogP contribution in [-0.2, 0) is 9.53 Å². The number of hydrogen-bond donors (Lipinski definition) is 0. The minimum atomic E-state index is -0.562. The first-order valence-electron chi connectivity index (χ1n) is 8.90. The van der Waals surface area contributed by atoms with Gasteiger partial charge in [-0.25, -0.2) is 4.79 Å². The maximum absolute atomic E-state index is 12.8. The topological polar surface area (TPSA) is 76.8 Å². The van der Waals surface area contributed by atoms with Crippen LogP contribution in [0.2, 0.25) is 0 Å². The Hall–Kier alpha value is -2.11. The summed E-state index contributed by atoms with van der Waals surface area (Å²) in [7, 11) is 1.38. The van der Waals surface area contributed by atoms with E-state index in [4.69, 9.17) is 9.15 Å². The van der Waals surface area contributed by atoms with Crippen molar-refractivity contribution in [3.63, 3.8) is 0 Å². The molecule has 1 aliphatic heterocycles. The summed E-state index contributed by atoms with van der Waals surface area (Å²) in [5.74, 6) is 0.518. The van der Waals surface area contributed by atoms with E-state index in [1.165, 1.54) is 7.11 Å². The highest BCUT2D eigenvalue weighted by Crippen LogP contribution is 2.52. The largest absolute Gasteiger partial charge is 0.469 e. The molecule has 1 aliphatic carbocycles. The molecule has 1 aromatic heterocycles. The maximum atomic E-state index is 12.8. The highest BCUT2D eigenvalue weighted by Gasteiger charge is 2.61. The minimum absolute atomic E-state index is 0.0937. The summed E-state index contributed by atoms with van der Waals surface area (Å²) in [6.45, 7) is 6.87. The van der Waals surface area contributed by atoms with Gasteiger partial charge in [-0.1, -0.05) is 20.3 Å². The number of aryl methyl sites for hydroxylation is 1. The van der Waals surface area contributed by atoms with Gasteiger partial charge < -0.3 is 14.1 Å². The highest BCUT2D eigenvalue weighted by molar-refractivity contribution is 5.95. The lowest BCUT2D eigenvalue weighted by Gasteiger charge is -2.20. The van der Waals surface area contributed by atoms with E-state index in [1.54, 1.807) is 11.8 Å². The molecule has 1 amide bonds. The molecule has 3 rings (SSSR count). The molecule has 1 saturated heterocycles. The van der Waals surface area contributed by atoms with Gasteiger partial charge in [0.05, 0.1) is 13.0 Å². The van der Waals surface area contributed by atoms with Crippen LogP contribution >= 0.6 is 0 Å². The third-order valence-electron chi connectivity index (χ3n) is 5.54. The number of rotatable bonds is 5. The summed E-state index contributed by atoms with van der Waals surface area (Å²) in [5, 5.41) is 0. The molecule has 2 heterocycles. The zero-order valence-electron chi connectivity index (χ0n) is 15.2. The fourth-order valence-corrected chi connectivity index (χ4v) is 4.04. The number of hydrogen-bond acceptors (Lipinski definition) is 5. The molecule has 1 saturated carbocycles. The number of piperidine rings is 1. The Morgan fingerprint density at radius 2 is 2.00 bits per heavy atom. The Labute approximate surface area is 147 Å². The van der Waals surface area contributed by atoms with Crippen molar-refractivity contribution in [2.45, 2.75) is 39.5 Å². The Kier molecular flexibility index (Phi) is 4.71. The first-order valence-corrected chi connectivity index (χ1v) is 8.90. The third kappa shape index (κ3) is 3.10. The molecule has 2 fully saturated rings. The normalized spacial score (nSPS) is 25.4. The van der Waals surface area contributed by atoms with E-state index in [0.717, 1.165) is 12.8 Å². The van der Waals surface area contributed by atoms with Crippen LogP contribution in [0.15, 0.2) is 15.3 Å². The van der Waals surface area contributed by atoms with Crippen LogP contribution in [0.3, 0.4) is 0 Å². The van der Waals surface area contributed by atoms with Gasteiger partial charge in [-0.2, -0.15) is 0 Å². The van der Waals surface area contributed by atoms with Gasteiger partial charge in [0.1, 0.15) is 11.3 Å². The van der Waals surface area contributed by atoms with Gasteiger partial charge in [-0.15, -0.1) is 0 Å². The number of ether oxygens (including phenoxy) is 1. The van der Waals surface area contributed by atoms with E-state index < -0.39 is 5.63 Å². The number of carbonyl (C=O) groups is 2. The van der Waals surface area contributed by atoms with Crippen LogP contribution in [0.5, 0.6) is 0 Å². The zero-order chi connectivity index (χ0) is 18.3. The summed E-state index contributed by atoms with van der Waals surface area (Å²) in [4.78, 5) is 38.4. The monoisotopic (exact) mass is 347 g/mol. The molecule has 4 atom stereocenters. The molecule has 1 aromatic rings. The number of amides is 1. The number of carbonyl (C=O) groups excluding carboxylic acids is 2. The molecule has 0 aromatic carbocycles. The second-order valence-electron chi connectivity index (χ2n) is 7.27. The molecular weight excluding hydrogens is 322 g/mol. The quantitative estimate of drug-likeness (QED) is 0.764. The van der Waals surface area contributed by atoms with Crippen LogP contribution in [-0.4, -0.2) is 37.0 Å². The molecule has 136 valence electrons. The van der Waals surface area contributed by atoms with Crippen LogP contribution < -0.4 is 5.63 Å². The van der Waals surface area contributed by atoms with Crippen LogP contribution in [0.25, 0.3) is 0 Å². The molecule has 2 unspecified atom stereocenters. The average molecular weight is 347 g/mol. The standard InChI is InChI=1S/C19H25NO5/c1-5-6-10(2)14-7-11(3)15(19(23)25-14)17(21)20-8-12-13(9-20)16(12)18(22)24-4/h7,10,12-13,16H,5-6,8-9H2,1-4H3/t10?,12-,13+,16?. The van der Waals surface area contributed by atoms with E-state index >= 15 is 0 Å². The highest BCUT2D eigenvalue weighted by atomic mass is 16.5. The Morgan fingerprint density at radius 1 is 1.36 bits per heavy atom. The van der Waals surface area contributed by atoms with Crippen molar-refractivity contribution in [1.29, 1.82) is 0 Å². The van der Waals surface area contributed by atoms with E-state index in [9.17, 15) is 14.4 Å². The number of likely N-dealkylation sites (tertiary alicyclic amines) is 1. The zero-order valence-corrected chi connectivity index (χ0v) is 15.2. The van der Waals surface area contributed by atoms with Gasteiger partial charge in [0, 0.05) is 19.0 Å². The Bertz CT molecular complexity index is 741. The lowest BCUT2D eigenvalue weighted by molar-refractivity contribution is -0.143. The average Bonchev–Trinajstić information content (AvgIpc) is 3.07. The minimum Gasteiger partial charge on any atom is -0.469 e. The molecule has 25 heavy (non-hydrogen) atoms. The first kappa shape index (κ1) is 17.7. The van der Waals surface area contributed by atoms with Gasteiger partial charge in [0.2, 0.25) is 0 Å². The predicted molar refractivity (Wildman–Crippen MR) is 91.4 cm³/mol. The summed E-state index contributed by atoms with van der Waals surface area (Å²) < 4.78 is 10.2. The van der Waals surface area contributed by atoms with Crippen molar-refractivity contribution < 1.29 is 18.7 Å². The SMILES string of the molecule is CCCC(C)c1cc(C)c(C(=O)N2C[C@@H]3C(C(=O)OC)[C@@H]3C2)c(=O)o1. The molecule has 6 heteroatoms.